The summed E-state index contributed by atoms with van der Waals surface area (Å²) in [5.41, 5.74) is 2.02. The highest BCUT2D eigenvalue weighted by Crippen LogP contribution is 2.26. The third-order valence-corrected chi connectivity index (χ3v) is 3.86. The van der Waals surface area contributed by atoms with Gasteiger partial charge >= 0.3 is 5.97 Å². The molecule has 0 saturated heterocycles. The fourth-order valence-electron chi connectivity index (χ4n) is 2.48. The first-order valence-corrected chi connectivity index (χ1v) is 7.27. The van der Waals surface area contributed by atoms with Crippen molar-refractivity contribution in [1.82, 2.24) is 4.90 Å². The van der Waals surface area contributed by atoms with E-state index in [2.05, 4.69) is 0 Å². The zero-order valence-corrected chi connectivity index (χ0v) is 12.5. The van der Waals surface area contributed by atoms with E-state index in [0.29, 0.717) is 6.61 Å². The Hall–Kier alpha value is -2.04. The number of carbonyl (C=O) groups excluding carboxylic acids is 1. The fourth-order valence-corrected chi connectivity index (χ4v) is 2.48. The van der Waals surface area contributed by atoms with Crippen molar-refractivity contribution in [2.75, 3.05) is 13.2 Å². The van der Waals surface area contributed by atoms with E-state index in [9.17, 15) is 9.59 Å². The van der Waals surface area contributed by atoms with E-state index in [1.165, 1.54) is 4.90 Å². The first-order valence-electron chi connectivity index (χ1n) is 7.27. The summed E-state index contributed by atoms with van der Waals surface area (Å²) in [5, 5.41) is 8.96. The summed E-state index contributed by atoms with van der Waals surface area (Å²) in [6.45, 7) is 4.25. The molecule has 114 valence electrons. The number of carboxylic acid groups (broad SMARTS) is 1. The number of carboxylic acids is 1. The maximum atomic E-state index is 12.4. The van der Waals surface area contributed by atoms with E-state index >= 15 is 0 Å². The quantitative estimate of drug-likeness (QED) is 0.869. The zero-order chi connectivity index (χ0) is 15.4. The zero-order valence-electron chi connectivity index (χ0n) is 12.5. The van der Waals surface area contributed by atoms with Gasteiger partial charge in [-0.05, 0) is 30.5 Å². The number of fused-ring (bicyclic) bond motifs is 1. The molecule has 0 bridgehead atoms. The summed E-state index contributed by atoms with van der Waals surface area (Å²) in [4.78, 5) is 24.7. The molecule has 1 aromatic carbocycles. The molecule has 1 N–H and O–H groups in total. The van der Waals surface area contributed by atoms with Crippen LogP contribution < -0.4 is 4.74 Å². The van der Waals surface area contributed by atoms with Gasteiger partial charge in [0.1, 0.15) is 12.3 Å². The first-order chi connectivity index (χ1) is 10.0. The molecule has 21 heavy (non-hydrogen) atoms. The fraction of sp³-hybridized carbons (Fsp3) is 0.500. The van der Waals surface area contributed by atoms with Crippen LogP contribution in [0.15, 0.2) is 18.2 Å². The van der Waals surface area contributed by atoms with Crippen molar-refractivity contribution >= 4 is 11.9 Å². The van der Waals surface area contributed by atoms with Crippen LogP contribution in [0.1, 0.15) is 31.4 Å². The summed E-state index contributed by atoms with van der Waals surface area (Å²) in [6.07, 6.45) is 1.82. The second-order valence-electron chi connectivity index (χ2n) is 5.39. The van der Waals surface area contributed by atoms with Crippen LogP contribution in [0.4, 0.5) is 0 Å². The highest BCUT2D eigenvalue weighted by atomic mass is 16.5. The molecule has 5 heteroatoms. The predicted octanol–water partition coefficient (Wildman–Crippen LogP) is 1.88. The molecule has 1 atom stereocenters. The summed E-state index contributed by atoms with van der Waals surface area (Å²) < 4.78 is 5.44. The maximum Gasteiger partial charge on any atom is 0.323 e. The smallest absolute Gasteiger partial charge is 0.323 e. The Morgan fingerprint density at radius 1 is 1.43 bits per heavy atom. The van der Waals surface area contributed by atoms with Gasteiger partial charge in [0, 0.05) is 12.5 Å². The Kier molecular flexibility index (Phi) is 4.83. The molecule has 1 heterocycles. The lowest BCUT2D eigenvalue weighted by Gasteiger charge is -2.27. The molecule has 1 amide bonds. The van der Waals surface area contributed by atoms with Gasteiger partial charge in [0.2, 0.25) is 5.91 Å². The number of benzene rings is 1. The van der Waals surface area contributed by atoms with E-state index in [1.807, 2.05) is 32.0 Å². The minimum atomic E-state index is -0.981. The van der Waals surface area contributed by atoms with Crippen LogP contribution in [0, 0.1) is 0 Å². The molecular weight excluding hydrogens is 270 g/mol. The van der Waals surface area contributed by atoms with Crippen molar-refractivity contribution in [2.24, 2.45) is 0 Å². The number of rotatable bonds is 6. The molecule has 0 fully saturated rings. The minimum Gasteiger partial charge on any atom is -0.493 e. The number of aliphatic carboxylic acids is 1. The van der Waals surface area contributed by atoms with Gasteiger partial charge in [-0.25, -0.2) is 0 Å². The number of ether oxygens (including phenoxy) is 1. The summed E-state index contributed by atoms with van der Waals surface area (Å²) in [6, 6.07) is 5.66. The molecule has 0 aliphatic carbocycles. The van der Waals surface area contributed by atoms with Crippen molar-refractivity contribution in [3.8, 4) is 5.75 Å². The number of nitrogens with zero attached hydrogens (tertiary/aromatic N) is 1. The van der Waals surface area contributed by atoms with Gasteiger partial charge in [0.25, 0.3) is 0 Å². The van der Waals surface area contributed by atoms with Gasteiger partial charge in [0.15, 0.2) is 0 Å². The SMILES string of the molecule is CCC(C)N(CC(=O)O)C(=O)Cc1ccc2c(c1)CCO2. The molecule has 1 aliphatic heterocycles. The summed E-state index contributed by atoms with van der Waals surface area (Å²) >= 11 is 0. The number of hydrogen-bond acceptors (Lipinski definition) is 3. The highest BCUT2D eigenvalue weighted by molar-refractivity contribution is 5.83. The molecular formula is C16H21NO4. The molecule has 1 aliphatic rings. The third-order valence-electron chi connectivity index (χ3n) is 3.86. The molecule has 0 saturated carbocycles. The third kappa shape index (κ3) is 3.74. The normalized spacial score (nSPS) is 14.2. The van der Waals surface area contributed by atoms with Crippen molar-refractivity contribution in [3.05, 3.63) is 29.3 Å². The van der Waals surface area contributed by atoms with E-state index in [1.54, 1.807) is 0 Å². The van der Waals surface area contributed by atoms with Gasteiger partial charge in [-0.3, -0.25) is 9.59 Å². The largest absolute Gasteiger partial charge is 0.493 e. The van der Waals surface area contributed by atoms with Crippen LogP contribution in [0.2, 0.25) is 0 Å². The van der Waals surface area contributed by atoms with E-state index < -0.39 is 5.97 Å². The average molecular weight is 291 g/mol. The number of carbonyl (C=O) groups is 2. The maximum absolute atomic E-state index is 12.4. The van der Waals surface area contributed by atoms with Crippen molar-refractivity contribution in [2.45, 2.75) is 39.2 Å². The van der Waals surface area contributed by atoms with Gasteiger partial charge < -0.3 is 14.7 Å². The molecule has 0 radical (unpaired) electrons. The number of amides is 1. The number of hydrogen-bond donors (Lipinski definition) is 1. The molecule has 2 rings (SSSR count). The molecule has 0 aromatic heterocycles. The Bertz CT molecular complexity index is 541. The van der Waals surface area contributed by atoms with Crippen LogP contribution in [-0.4, -0.2) is 41.1 Å². The molecule has 1 aromatic rings. The van der Waals surface area contributed by atoms with Gasteiger partial charge in [-0.15, -0.1) is 0 Å². The van der Waals surface area contributed by atoms with E-state index in [4.69, 9.17) is 9.84 Å². The van der Waals surface area contributed by atoms with Crippen molar-refractivity contribution in [1.29, 1.82) is 0 Å². The van der Waals surface area contributed by atoms with Gasteiger partial charge in [0.05, 0.1) is 13.0 Å². The van der Waals surface area contributed by atoms with E-state index in [-0.39, 0.29) is 24.9 Å². The lowest BCUT2D eigenvalue weighted by molar-refractivity contribution is -0.145. The highest BCUT2D eigenvalue weighted by Gasteiger charge is 2.22. The topological polar surface area (TPSA) is 66.8 Å². The monoisotopic (exact) mass is 291 g/mol. The average Bonchev–Trinajstić information content (AvgIpc) is 2.91. The van der Waals surface area contributed by atoms with Gasteiger partial charge in [-0.2, -0.15) is 0 Å². The van der Waals surface area contributed by atoms with Crippen LogP contribution in [0.25, 0.3) is 0 Å². The van der Waals surface area contributed by atoms with Crippen molar-refractivity contribution < 1.29 is 19.4 Å². The van der Waals surface area contributed by atoms with Crippen LogP contribution in [-0.2, 0) is 22.4 Å². The predicted molar refractivity (Wildman–Crippen MR) is 78.4 cm³/mol. The van der Waals surface area contributed by atoms with Crippen LogP contribution in [0.3, 0.4) is 0 Å². The summed E-state index contributed by atoms with van der Waals surface area (Å²) in [7, 11) is 0. The molecule has 1 unspecified atom stereocenters. The summed E-state index contributed by atoms with van der Waals surface area (Å²) in [5.74, 6) is -0.243. The Balaban J connectivity index is 2.09. The lowest BCUT2D eigenvalue weighted by Crippen LogP contribution is -2.42. The van der Waals surface area contributed by atoms with Crippen molar-refractivity contribution in [3.63, 3.8) is 0 Å². The standard InChI is InChI=1S/C16H21NO4/c1-3-11(2)17(10-16(19)20)15(18)9-12-4-5-14-13(8-12)6-7-21-14/h4-5,8,11H,3,6-7,9-10H2,1-2H3,(H,19,20). The Morgan fingerprint density at radius 3 is 2.86 bits per heavy atom. The minimum absolute atomic E-state index is 0.0774. The second-order valence-corrected chi connectivity index (χ2v) is 5.39. The lowest BCUT2D eigenvalue weighted by atomic mass is 10.0. The second kappa shape index (κ2) is 6.61. The molecule has 0 spiro atoms. The van der Waals surface area contributed by atoms with Gasteiger partial charge in [-0.1, -0.05) is 19.1 Å². The Labute approximate surface area is 124 Å². The molecule has 5 nitrogen and oxygen atoms in total. The Morgan fingerprint density at radius 2 is 2.19 bits per heavy atom. The van der Waals surface area contributed by atoms with Crippen LogP contribution >= 0.6 is 0 Å². The first kappa shape index (κ1) is 15.4. The van der Waals surface area contributed by atoms with E-state index in [0.717, 1.165) is 29.7 Å². The van der Waals surface area contributed by atoms with Crippen LogP contribution in [0.5, 0.6) is 5.75 Å².